The summed E-state index contributed by atoms with van der Waals surface area (Å²) in [6, 6.07) is 0. The molecule has 4 nitrogen and oxygen atoms in total. The van der Waals surface area contributed by atoms with Gasteiger partial charge in [0.2, 0.25) is 5.91 Å². The first-order valence-electron chi connectivity index (χ1n) is 4.80. The number of ether oxygens (including phenoxy) is 1. The Bertz CT molecular complexity index is 292. The Morgan fingerprint density at radius 1 is 1.41 bits per heavy atom. The van der Waals surface area contributed by atoms with Crippen molar-refractivity contribution >= 4 is 23.1 Å². The van der Waals surface area contributed by atoms with E-state index >= 15 is 0 Å². The number of hydrogen-bond acceptors (Lipinski definition) is 3. The number of rotatable bonds is 6. The monoisotopic (exact) mass is 272 g/mol. The fraction of sp³-hybridized carbons (Fsp3) is 0.778. The normalized spacial score (nSPS) is 12.3. The second kappa shape index (κ2) is 6.15. The summed E-state index contributed by atoms with van der Waals surface area (Å²) in [4.78, 5) is 11.4. The number of amides is 1. The number of nitrogens with one attached hydrogen (secondary N) is 1. The predicted molar refractivity (Wildman–Crippen MR) is 60.5 cm³/mol. The fourth-order valence-corrected chi connectivity index (χ4v) is 0.876. The van der Waals surface area contributed by atoms with E-state index in [2.05, 4.69) is 10.1 Å². The predicted octanol–water partition coefficient (Wildman–Crippen LogP) is 1.14. The highest BCUT2D eigenvalue weighted by atomic mass is 32.1. The average Bonchev–Trinajstić information content (AvgIpc) is 2.10. The van der Waals surface area contributed by atoms with Crippen molar-refractivity contribution in [2.24, 2.45) is 5.73 Å². The van der Waals surface area contributed by atoms with Gasteiger partial charge in [-0.1, -0.05) is 12.2 Å². The first kappa shape index (κ1) is 16.1. The molecule has 0 aromatic carbocycles. The number of halogens is 3. The molecule has 0 aromatic heterocycles. The Hall–Kier alpha value is -0.890. The minimum atomic E-state index is -4.38. The van der Waals surface area contributed by atoms with Gasteiger partial charge in [0.1, 0.15) is 6.61 Å². The van der Waals surface area contributed by atoms with E-state index < -0.39 is 24.2 Å². The van der Waals surface area contributed by atoms with Crippen LogP contribution in [0.3, 0.4) is 0 Å². The molecule has 0 spiro atoms. The first-order chi connectivity index (χ1) is 7.54. The Kier molecular flexibility index (Phi) is 5.83. The summed E-state index contributed by atoms with van der Waals surface area (Å²) in [7, 11) is 0. The molecule has 0 heterocycles. The smallest absolute Gasteiger partial charge is 0.391 e. The van der Waals surface area contributed by atoms with Crippen LogP contribution in [0.1, 0.15) is 20.3 Å². The van der Waals surface area contributed by atoms with Crippen molar-refractivity contribution < 1.29 is 22.7 Å². The Labute approximate surface area is 103 Å². The summed E-state index contributed by atoms with van der Waals surface area (Å²) in [5, 5.41) is 2.49. The van der Waals surface area contributed by atoms with Gasteiger partial charge >= 0.3 is 6.18 Å². The minimum absolute atomic E-state index is 0.0991. The Morgan fingerprint density at radius 3 is 2.35 bits per heavy atom. The average molecular weight is 272 g/mol. The quantitative estimate of drug-likeness (QED) is 0.562. The third-order valence-corrected chi connectivity index (χ3v) is 2.32. The van der Waals surface area contributed by atoms with E-state index in [9.17, 15) is 18.0 Å². The lowest BCUT2D eigenvalue weighted by atomic mass is 10.1. The van der Waals surface area contributed by atoms with Crippen LogP contribution in [0, 0.1) is 0 Å². The van der Waals surface area contributed by atoms with Crippen LogP contribution in [0.25, 0.3) is 0 Å². The zero-order chi connectivity index (χ0) is 13.7. The summed E-state index contributed by atoms with van der Waals surface area (Å²) >= 11 is 4.72. The van der Waals surface area contributed by atoms with Gasteiger partial charge < -0.3 is 15.8 Å². The SMILES string of the molecule is CC(C)(NC(=O)CCOCC(F)(F)F)C(N)=S. The third-order valence-electron chi connectivity index (χ3n) is 1.81. The van der Waals surface area contributed by atoms with Crippen LogP contribution in [0.2, 0.25) is 0 Å². The lowest BCUT2D eigenvalue weighted by Gasteiger charge is -2.24. The van der Waals surface area contributed by atoms with Gasteiger partial charge in [0.05, 0.1) is 17.1 Å². The van der Waals surface area contributed by atoms with Crippen LogP contribution in [-0.2, 0) is 9.53 Å². The molecular formula is C9H15F3N2O2S. The van der Waals surface area contributed by atoms with Gasteiger partial charge in [-0.05, 0) is 13.8 Å². The highest BCUT2D eigenvalue weighted by Gasteiger charge is 2.28. The zero-order valence-electron chi connectivity index (χ0n) is 9.56. The van der Waals surface area contributed by atoms with Gasteiger partial charge in [0, 0.05) is 6.42 Å². The molecule has 0 aliphatic carbocycles. The van der Waals surface area contributed by atoms with Crippen LogP contribution in [0.5, 0.6) is 0 Å². The molecule has 0 aliphatic rings. The van der Waals surface area contributed by atoms with E-state index in [0.717, 1.165) is 0 Å². The summed E-state index contributed by atoms with van der Waals surface area (Å²) in [6.45, 7) is 1.53. The van der Waals surface area contributed by atoms with Crippen molar-refractivity contribution in [2.45, 2.75) is 32.0 Å². The molecule has 8 heteroatoms. The molecule has 1 amide bonds. The Morgan fingerprint density at radius 2 is 1.94 bits per heavy atom. The second-order valence-electron chi connectivity index (χ2n) is 3.96. The van der Waals surface area contributed by atoms with Crippen molar-refractivity contribution in [1.29, 1.82) is 0 Å². The standard InChI is InChI=1S/C9H15F3N2O2S/c1-8(2,7(13)17)14-6(15)3-4-16-5-9(10,11)12/h3-5H2,1-2H3,(H2,13,17)(H,14,15). The van der Waals surface area contributed by atoms with E-state index in [1.807, 2.05) is 0 Å². The summed E-state index contributed by atoms with van der Waals surface area (Å²) in [5.74, 6) is -0.468. The van der Waals surface area contributed by atoms with Crippen molar-refractivity contribution in [3.8, 4) is 0 Å². The van der Waals surface area contributed by atoms with Crippen LogP contribution < -0.4 is 11.1 Å². The summed E-state index contributed by atoms with van der Waals surface area (Å²) in [5.41, 5.74) is 4.50. The highest BCUT2D eigenvalue weighted by molar-refractivity contribution is 7.80. The third kappa shape index (κ3) is 7.92. The van der Waals surface area contributed by atoms with E-state index in [1.165, 1.54) is 0 Å². The molecule has 0 aromatic rings. The number of carbonyl (C=O) groups excluding carboxylic acids is 1. The van der Waals surface area contributed by atoms with Crippen molar-refractivity contribution in [2.75, 3.05) is 13.2 Å². The zero-order valence-corrected chi connectivity index (χ0v) is 10.4. The van der Waals surface area contributed by atoms with Gasteiger partial charge in [-0.15, -0.1) is 0 Å². The molecule has 0 saturated carbocycles. The maximum absolute atomic E-state index is 11.7. The fourth-order valence-electron chi connectivity index (χ4n) is 0.825. The topological polar surface area (TPSA) is 64.3 Å². The number of thiocarbonyl (C=S) groups is 1. The highest BCUT2D eigenvalue weighted by Crippen LogP contribution is 2.14. The van der Waals surface area contributed by atoms with Crippen molar-refractivity contribution in [1.82, 2.24) is 5.32 Å². The minimum Gasteiger partial charge on any atom is -0.391 e. The van der Waals surface area contributed by atoms with Gasteiger partial charge in [0.25, 0.3) is 0 Å². The van der Waals surface area contributed by atoms with Crippen LogP contribution >= 0.6 is 12.2 Å². The second-order valence-corrected chi connectivity index (χ2v) is 4.40. The largest absolute Gasteiger partial charge is 0.411 e. The molecule has 0 fully saturated rings. The van der Waals surface area contributed by atoms with Gasteiger partial charge in [-0.3, -0.25) is 4.79 Å². The van der Waals surface area contributed by atoms with Crippen LogP contribution in [-0.4, -0.2) is 35.8 Å². The van der Waals surface area contributed by atoms with Gasteiger partial charge in [-0.2, -0.15) is 13.2 Å². The maximum atomic E-state index is 11.7. The van der Waals surface area contributed by atoms with Crippen LogP contribution in [0.15, 0.2) is 0 Å². The molecule has 0 aliphatic heterocycles. The number of nitrogens with two attached hydrogens (primary N) is 1. The molecule has 0 saturated heterocycles. The van der Waals surface area contributed by atoms with E-state index in [-0.39, 0.29) is 18.0 Å². The van der Waals surface area contributed by atoms with Crippen LogP contribution in [0.4, 0.5) is 13.2 Å². The van der Waals surface area contributed by atoms with Crippen molar-refractivity contribution in [3.63, 3.8) is 0 Å². The van der Waals surface area contributed by atoms with E-state index in [0.29, 0.717) is 0 Å². The van der Waals surface area contributed by atoms with E-state index in [4.69, 9.17) is 18.0 Å². The van der Waals surface area contributed by atoms with Gasteiger partial charge in [0.15, 0.2) is 0 Å². The molecule has 100 valence electrons. The maximum Gasteiger partial charge on any atom is 0.411 e. The number of alkyl halides is 3. The summed E-state index contributed by atoms with van der Waals surface area (Å²) in [6.07, 6.45) is -4.56. The number of hydrogen-bond donors (Lipinski definition) is 2. The lowest BCUT2D eigenvalue weighted by molar-refractivity contribution is -0.174. The molecule has 17 heavy (non-hydrogen) atoms. The Balaban J connectivity index is 3.86. The number of carbonyl (C=O) groups is 1. The molecular weight excluding hydrogens is 257 g/mol. The molecule has 0 unspecified atom stereocenters. The summed E-state index contributed by atoms with van der Waals surface area (Å²) < 4.78 is 39.4. The van der Waals surface area contributed by atoms with Crippen molar-refractivity contribution in [3.05, 3.63) is 0 Å². The molecule has 0 atom stereocenters. The first-order valence-corrected chi connectivity index (χ1v) is 5.21. The molecule has 0 rings (SSSR count). The molecule has 3 N–H and O–H groups in total. The lowest BCUT2D eigenvalue weighted by Crippen LogP contribution is -2.52. The van der Waals surface area contributed by atoms with E-state index in [1.54, 1.807) is 13.8 Å². The molecule has 0 radical (unpaired) electrons. The van der Waals surface area contributed by atoms with Gasteiger partial charge in [-0.25, -0.2) is 0 Å². The molecule has 0 bridgehead atoms.